The second-order valence-corrected chi connectivity index (χ2v) is 9.28. The van der Waals surface area contributed by atoms with Crippen LogP contribution in [0.1, 0.15) is 18.1 Å². The van der Waals surface area contributed by atoms with Gasteiger partial charge in [0.05, 0.1) is 39.2 Å². The number of pyridine rings is 1. The Morgan fingerprint density at radius 2 is 1.88 bits per heavy atom. The molecule has 10 nitrogen and oxygen atoms in total. The molecule has 0 fully saturated rings. The van der Waals surface area contributed by atoms with Crippen molar-refractivity contribution < 1.29 is 27.6 Å². The summed E-state index contributed by atoms with van der Waals surface area (Å²) < 4.78 is 52.7. The molecule has 218 valence electrons. The Labute approximate surface area is 245 Å². The van der Waals surface area contributed by atoms with E-state index in [0.29, 0.717) is 5.56 Å². The molecule has 5 rings (SSSR count). The molecule has 0 saturated heterocycles. The Hall–Kier alpha value is -5.30. The molecule has 0 N–H and O–H groups in total. The van der Waals surface area contributed by atoms with Gasteiger partial charge in [-0.25, -0.2) is 9.97 Å². The molecule has 43 heavy (non-hydrogen) atoms. The Morgan fingerprint density at radius 1 is 1.09 bits per heavy atom. The first-order valence-corrected chi connectivity index (χ1v) is 12.9. The highest BCUT2D eigenvalue weighted by Gasteiger charge is 2.31. The van der Waals surface area contributed by atoms with Crippen LogP contribution >= 0.6 is 11.6 Å². The van der Waals surface area contributed by atoms with Crippen molar-refractivity contribution in [2.75, 3.05) is 6.61 Å². The molecule has 0 spiro atoms. The average Bonchev–Trinajstić information content (AvgIpc) is 2.98. The second-order valence-electron chi connectivity index (χ2n) is 8.87. The number of para-hydroxylation sites is 1. The minimum atomic E-state index is -4.61. The van der Waals surface area contributed by atoms with Gasteiger partial charge in [0.25, 0.3) is 11.2 Å². The van der Waals surface area contributed by atoms with Crippen LogP contribution in [0.5, 0.6) is 17.4 Å². The van der Waals surface area contributed by atoms with E-state index in [2.05, 4.69) is 15.1 Å². The molecule has 0 aliphatic carbocycles. The number of nitrogens with zero attached hydrogens (tertiary/aromatic N) is 5. The fraction of sp³-hybridized carbons (Fsp3) is 0.103. The van der Waals surface area contributed by atoms with Gasteiger partial charge in [0, 0.05) is 17.7 Å². The van der Waals surface area contributed by atoms with Crippen LogP contribution in [0, 0.1) is 10.1 Å². The highest BCUT2D eigenvalue weighted by Crippen LogP contribution is 2.39. The zero-order valence-corrected chi connectivity index (χ0v) is 22.8. The van der Waals surface area contributed by atoms with E-state index in [1.54, 1.807) is 25.1 Å². The Kier molecular flexibility index (Phi) is 8.08. The van der Waals surface area contributed by atoms with Crippen molar-refractivity contribution in [3.05, 3.63) is 116 Å². The average molecular weight is 610 g/mol. The molecule has 0 aliphatic heterocycles. The van der Waals surface area contributed by atoms with Crippen molar-refractivity contribution in [1.82, 2.24) is 14.6 Å². The molecule has 2 heterocycles. The van der Waals surface area contributed by atoms with Crippen LogP contribution in [-0.2, 0) is 6.18 Å². The van der Waals surface area contributed by atoms with E-state index in [-0.39, 0.29) is 57.0 Å². The third-order valence-corrected chi connectivity index (χ3v) is 6.27. The molecular formula is C29H19ClF3N5O5. The van der Waals surface area contributed by atoms with Crippen LogP contribution in [0.15, 0.2) is 88.9 Å². The van der Waals surface area contributed by atoms with Crippen LogP contribution in [0.2, 0.25) is 5.02 Å². The van der Waals surface area contributed by atoms with Gasteiger partial charge in [0.15, 0.2) is 17.3 Å². The number of ether oxygens (including phenoxy) is 2. The monoisotopic (exact) mass is 609 g/mol. The highest BCUT2D eigenvalue weighted by molar-refractivity contribution is 6.32. The van der Waals surface area contributed by atoms with Crippen LogP contribution < -0.4 is 15.0 Å². The standard InChI is InChI=1S/C29H19ClF3N5O5/c1-2-42-24-13-17(12-22(30)26(24)43-25-11-10-20(16-34-25)38(40)41)15-35-37-27(18-6-5-7-19(14-18)29(31,32)33)36-23-9-4-3-8-21(23)28(37)39/h3-16H,2H2,1H3. The van der Waals surface area contributed by atoms with Crippen LogP contribution in [0.4, 0.5) is 18.9 Å². The Bertz CT molecular complexity index is 1930. The predicted molar refractivity (Wildman–Crippen MR) is 153 cm³/mol. The van der Waals surface area contributed by atoms with Gasteiger partial charge in [-0.1, -0.05) is 35.9 Å². The number of aromatic nitrogens is 3. The van der Waals surface area contributed by atoms with Gasteiger partial charge in [-0.3, -0.25) is 14.9 Å². The summed E-state index contributed by atoms with van der Waals surface area (Å²) in [5.74, 6) is 0.177. The quantitative estimate of drug-likeness (QED) is 0.104. The summed E-state index contributed by atoms with van der Waals surface area (Å²) >= 11 is 6.49. The normalized spacial score (nSPS) is 11.7. The number of alkyl halides is 3. The van der Waals surface area contributed by atoms with Crippen LogP contribution in [-0.4, -0.2) is 32.4 Å². The first-order valence-electron chi connectivity index (χ1n) is 12.5. The summed E-state index contributed by atoms with van der Waals surface area (Å²) in [4.78, 5) is 32.1. The van der Waals surface area contributed by atoms with E-state index in [9.17, 15) is 28.1 Å². The van der Waals surface area contributed by atoms with E-state index in [0.717, 1.165) is 23.0 Å². The zero-order valence-electron chi connectivity index (χ0n) is 22.1. The van der Waals surface area contributed by atoms with Crippen LogP contribution in [0.25, 0.3) is 22.3 Å². The maximum atomic E-state index is 13.5. The molecule has 0 unspecified atom stereocenters. The lowest BCUT2D eigenvalue weighted by atomic mass is 10.1. The summed E-state index contributed by atoms with van der Waals surface area (Å²) in [6.45, 7) is 1.94. The maximum Gasteiger partial charge on any atom is 0.416 e. The first kappa shape index (κ1) is 29.2. The van der Waals surface area contributed by atoms with Gasteiger partial charge in [-0.15, -0.1) is 0 Å². The predicted octanol–water partition coefficient (Wildman–Crippen LogP) is 7.11. The lowest BCUT2D eigenvalue weighted by Crippen LogP contribution is -2.20. The van der Waals surface area contributed by atoms with E-state index in [1.807, 2.05) is 0 Å². The van der Waals surface area contributed by atoms with Gasteiger partial charge in [-0.05, 0) is 48.9 Å². The number of hydrogen-bond donors (Lipinski definition) is 0. The van der Waals surface area contributed by atoms with Gasteiger partial charge in [0.2, 0.25) is 5.88 Å². The second kappa shape index (κ2) is 11.9. The number of benzene rings is 3. The molecular weight excluding hydrogens is 591 g/mol. The van der Waals surface area contributed by atoms with E-state index < -0.39 is 22.2 Å². The van der Waals surface area contributed by atoms with E-state index in [4.69, 9.17) is 21.1 Å². The molecule has 3 aromatic carbocycles. The van der Waals surface area contributed by atoms with E-state index >= 15 is 0 Å². The highest BCUT2D eigenvalue weighted by atomic mass is 35.5. The first-order chi connectivity index (χ1) is 20.5. The lowest BCUT2D eigenvalue weighted by molar-refractivity contribution is -0.385. The third kappa shape index (κ3) is 6.31. The SMILES string of the molecule is CCOc1cc(C=Nn2c(-c3cccc(C(F)(F)F)c3)nc3ccccc3c2=O)cc(Cl)c1Oc1ccc([N+](=O)[O-])cn1. The van der Waals surface area contributed by atoms with Gasteiger partial charge in [-0.2, -0.15) is 22.9 Å². The molecule has 0 radical (unpaired) electrons. The third-order valence-electron chi connectivity index (χ3n) is 5.99. The molecule has 0 saturated carbocycles. The minimum Gasteiger partial charge on any atom is -0.490 e. The van der Waals surface area contributed by atoms with Crippen molar-refractivity contribution in [2.24, 2.45) is 5.10 Å². The fourth-order valence-corrected chi connectivity index (χ4v) is 4.30. The van der Waals surface area contributed by atoms with Crippen molar-refractivity contribution in [2.45, 2.75) is 13.1 Å². The van der Waals surface area contributed by atoms with Crippen molar-refractivity contribution in [3.8, 4) is 28.8 Å². The maximum absolute atomic E-state index is 13.5. The van der Waals surface area contributed by atoms with Crippen molar-refractivity contribution in [3.63, 3.8) is 0 Å². The topological polar surface area (TPSA) is 122 Å². The molecule has 2 aromatic heterocycles. The number of rotatable bonds is 8. The number of hydrogen-bond acceptors (Lipinski definition) is 8. The largest absolute Gasteiger partial charge is 0.490 e. The number of halogens is 4. The van der Waals surface area contributed by atoms with E-state index in [1.165, 1.54) is 48.7 Å². The molecule has 0 aliphatic rings. The number of fused-ring (bicyclic) bond motifs is 1. The van der Waals surface area contributed by atoms with Gasteiger partial charge >= 0.3 is 6.18 Å². The molecule has 0 amide bonds. The van der Waals surface area contributed by atoms with Crippen LogP contribution in [0.3, 0.4) is 0 Å². The molecule has 0 atom stereocenters. The number of nitro groups is 1. The van der Waals surface area contributed by atoms with Gasteiger partial charge in [0.1, 0.15) is 6.20 Å². The lowest BCUT2D eigenvalue weighted by Gasteiger charge is -2.14. The molecule has 0 bridgehead atoms. The Morgan fingerprint density at radius 3 is 2.58 bits per heavy atom. The zero-order chi connectivity index (χ0) is 30.7. The summed E-state index contributed by atoms with van der Waals surface area (Å²) in [6, 6.07) is 16.3. The minimum absolute atomic E-state index is 0.0226. The Balaban J connectivity index is 1.58. The summed E-state index contributed by atoms with van der Waals surface area (Å²) in [5, 5.41) is 15.5. The smallest absolute Gasteiger partial charge is 0.416 e. The van der Waals surface area contributed by atoms with Crippen molar-refractivity contribution >= 4 is 34.4 Å². The summed E-state index contributed by atoms with van der Waals surface area (Å²) in [5.41, 5.74) is -1.06. The molecule has 14 heteroatoms. The summed E-state index contributed by atoms with van der Waals surface area (Å²) in [6.07, 6.45) is -2.30. The fourth-order valence-electron chi connectivity index (χ4n) is 4.05. The summed E-state index contributed by atoms with van der Waals surface area (Å²) in [7, 11) is 0. The van der Waals surface area contributed by atoms with Gasteiger partial charge < -0.3 is 9.47 Å². The van der Waals surface area contributed by atoms with Crippen molar-refractivity contribution in [1.29, 1.82) is 0 Å². The molecule has 5 aromatic rings.